The van der Waals surface area contributed by atoms with Gasteiger partial charge in [0, 0.05) is 18.3 Å². The molecule has 1 aromatic carbocycles. The smallest absolute Gasteiger partial charge is 0.349 e. The Hall–Kier alpha value is -2.22. The molecule has 0 spiro atoms. The van der Waals surface area contributed by atoms with Crippen molar-refractivity contribution in [1.29, 1.82) is 0 Å². The van der Waals surface area contributed by atoms with Gasteiger partial charge in [0.25, 0.3) is 5.91 Å². The molecule has 1 aliphatic rings. The second-order valence-corrected chi connectivity index (χ2v) is 6.58. The molecule has 0 aliphatic heterocycles. The van der Waals surface area contributed by atoms with Crippen LogP contribution in [0.5, 0.6) is 0 Å². The van der Waals surface area contributed by atoms with Crippen molar-refractivity contribution in [2.75, 3.05) is 0 Å². The number of nitrogens with zero attached hydrogens (tertiary/aromatic N) is 1. The first kappa shape index (κ1) is 19.5. The van der Waals surface area contributed by atoms with Crippen molar-refractivity contribution in [2.45, 2.75) is 37.4 Å². The number of halogens is 6. The van der Waals surface area contributed by atoms with Crippen LogP contribution in [-0.2, 0) is 23.2 Å². The molecule has 0 bridgehead atoms. The van der Waals surface area contributed by atoms with Crippen molar-refractivity contribution >= 4 is 17.5 Å². The SMILES string of the molecule is O=C(NCc1cccc(C(F)(F)F)c1Cl)C1(F)CCC(F)c2ncccc21. The Morgan fingerprint density at radius 1 is 1.30 bits per heavy atom. The number of amides is 1. The minimum atomic E-state index is -4.65. The molecular weight excluding hydrogens is 391 g/mol. The highest BCUT2D eigenvalue weighted by Gasteiger charge is 2.47. The molecule has 1 aliphatic carbocycles. The molecule has 1 heterocycles. The summed E-state index contributed by atoms with van der Waals surface area (Å²) in [6, 6.07) is 5.94. The van der Waals surface area contributed by atoms with Crippen molar-refractivity contribution in [1.82, 2.24) is 10.3 Å². The molecule has 2 atom stereocenters. The van der Waals surface area contributed by atoms with Crippen molar-refractivity contribution < 1.29 is 26.7 Å². The molecule has 1 N–H and O–H groups in total. The third kappa shape index (κ3) is 3.63. The van der Waals surface area contributed by atoms with Crippen LogP contribution in [0.15, 0.2) is 36.5 Å². The zero-order valence-electron chi connectivity index (χ0n) is 13.8. The van der Waals surface area contributed by atoms with E-state index in [9.17, 15) is 22.4 Å². The second kappa shape index (κ2) is 7.07. The van der Waals surface area contributed by atoms with Crippen LogP contribution in [0.3, 0.4) is 0 Å². The topological polar surface area (TPSA) is 42.0 Å². The summed E-state index contributed by atoms with van der Waals surface area (Å²) >= 11 is 5.77. The Morgan fingerprint density at radius 2 is 2.04 bits per heavy atom. The van der Waals surface area contributed by atoms with Gasteiger partial charge in [-0.05, 0) is 30.5 Å². The van der Waals surface area contributed by atoms with E-state index >= 15 is 4.39 Å². The summed E-state index contributed by atoms with van der Waals surface area (Å²) in [5.41, 5.74) is -3.87. The molecule has 3 nitrogen and oxygen atoms in total. The van der Waals surface area contributed by atoms with Gasteiger partial charge in [0.2, 0.25) is 5.67 Å². The molecule has 2 unspecified atom stereocenters. The van der Waals surface area contributed by atoms with Crippen LogP contribution in [0.25, 0.3) is 0 Å². The first-order chi connectivity index (χ1) is 12.6. The molecule has 0 fully saturated rings. The van der Waals surface area contributed by atoms with Gasteiger partial charge in [0.1, 0.15) is 6.17 Å². The number of nitrogens with one attached hydrogen (secondary N) is 1. The number of pyridine rings is 1. The van der Waals surface area contributed by atoms with E-state index in [2.05, 4.69) is 10.3 Å². The van der Waals surface area contributed by atoms with Crippen LogP contribution >= 0.6 is 11.6 Å². The van der Waals surface area contributed by atoms with Crippen molar-refractivity contribution in [3.8, 4) is 0 Å². The van der Waals surface area contributed by atoms with Gasteiger partial charge in [-0.3, -0.25) is 9.78 Å². The monoisotopic (exact) mass is 404 g/mol. The fraction of sp³-hybridized carbons (Fsp3) is 0.333. The molecule has 0 saturated carbocycles. The minimum Gasteiger partial charge on any atom is -0.349 e. The summed E-state index contributed by atoms with van der Waals surface area (Å²) in [5, 5.41) is 1.71. The van der Waals surface area contributed by atoms with Gasteiger partial charge in [0.05, 0.1) is 16.3 Å². The Kier molecular flexibility index (Phi) is 5.12. The summed E-state index contributed by atoms with van der Waals surface area (Å²) in [6.07, 6.45) is -5.44. The summed E-state index contributed by atoms with van der Waals surface area (Å²) in [7, 11) is 0. The van der Waals surface area contributed by atoms with Crippen LogP contribution in [-0.4, -0.2) is 10.9 Å². The maximum atomic E-state index is 15.4. The minimum absolute atomic E-state index is 0.00553. The normalized spacial score (nSPS) is 22.2. The predicted octanol–water partition coefficient (Wildman–Crippen LogP) is 5.04. The molecule has 3 rings (SSSR count). The van der Waals surface area contributed by atoms with Gasteiger partial charge in [-0.2, -0.15) is 13.2 Å². The summed E-state index contributed by atoms with van der Waals surface area (Å²) in [5.74, 6) is -1.07. The molecule has 9 heteroatoms. The summed E-state index contributed by atoms with van der Waals surface area (Å²) < 4.78 is 68.1. The van der Waals surface area contributed by atoms with Crippen LogP contribution in [0, 0.1) is 0 Å². The third-order valence-corrected chi connectivity index (χ3v) is 4.93. The molecule has 1 aromatic heterocycles. The number of fused-ring (bicyclic) bond motifs is 1. The molecule has 1 amide bonds. The van der Waals surface area contributed by atoms with E-state index in [4.69, 9.17) is 11.6 Å². The van der Waals surface area contributed by atoms with Gasteiger partial charge in [-0.15, -0.1) is 0 Å². The van der Waals surface area contributed by atoms with Crippen molar-refractivity contribution in [3.63, 3.8) is 0 Å². The number of hydrogen-bond donors (Lipinski definition) is 1. The van der Waals surface area contributed by atoms with Crippen LogP contribution in [0.4, 0.5) is 22.0 Å². The number of carbonyl (C=O) groups excluding carboxylic acids is 1. The Labute approximate surface area is 156 Å². The van der Waals surface area contributed by atoms with Crippen LogP contribution in [0.2, 0.25) is 5.02 Å². The van der Waals surface area contributed by atoms with Gasteiger partial charge >= 0.3 is 6.18 Å². The lowest BCUT2D eigenvalue weighted by molar-refractivity contribution is -0.137. The van der Waals surface area contributed by atoms with E-state index in [1.807, 2.05) is 0 Å². The van der Waals surface area contributed by atoms with E-state index < -0.39 is 47.5 Å². The fourth-order valence-electron chi connectivity index (χ4n) is 3.09. The molecule has 27 heavy (non-hydrogen) atoms. The quantitative estimate of drug-likeness (QED) is 0.728. The van der Waals surface area contributed by atoms with Gasteiger partial charge in [-0.25, -0.2) is 8.78 Å². The maximum Gasteiger partial charge on any atom is 0.417 e. The number of carbonyl (C=O) groups is 1. The van der Waals surface area contributed by atoms with E-state index in [0.717, 1.165) is 12.1 Å². The van der Waals surface area contributed by atoms with Crippen molar-refractivity contribution in [2.24, 2.45) is 0 Å². The zero-order valence-corrected chi connectivity index (χ0v) is 14.5. The summed E-state index contributed by atoms with van der Waals surface area (Å²) in [4.78, 5) is 16.3. The maximum absolute atomic E-state index is 15.4. The zero-order chi connectivity index (χ0) is 19.8. The Morgan fingerprint density at radius 3 is 2.74 bits per heavy atom. The lowest BCUT2D eigenvalue weighted by Crippen LogP contribution is -2.43. The molecule has 0 radical (unpaired) electrons. The lowest BCUT2D eigenvalue weighted by atomic mass is 9.81. The van der Waals surface area contributed by atoms with Crippen LogP contribution in [0.1, 0.15) is 41.4 Å². The molecule has 0 saturated heterocycles. The number of benzene rings is 1. The fourth-order valence-corrected chi connectivity index (χ4v) is 3.39. The average Bonchev–Trinajstić information content (AvgIpc) is 2.63. The lowest BCUT2D eigenvalue weighted by Gasteiger charge is -2.31. The van der Waals surface area contributed by atoms with E-state index in [1.165, 1.54) is 24.4 Å². The predicted molar refractivity (Wildman–Crippen MR) is 88.4 cm³/mol. The number of rotatable bonds is 3. The number of alkyl halides is 5. The van der Waals surface area contributed by atoms with E-state index in [1.54, 1.807) is 0 Å². The molecular formula is C18H14ClF5N2O. The standard InChI is InChI=1S/C18H14ClF5N2O/c19-14-10(3-1-4-11(14)18(22,23)24)9-26-16(27)17(21)7-6-13(20)15-12(17)5-2-8-25-15/h1-5,8,13H,6-7,9H2,(H,26,27). The highest BCUT2D eigenvalue weighted by Crippen LogP contribution is 2.44. The Balaban J connectivity index is 1.82. The van der Waals surface area contributed by atoms with E-state index in [-0.39, 0.29) is 23.2 Å². The molecule has 2 aromatic rings. The average molecular weight is 405 g/mol. The molecule has 144 valence electrons. The number of aromatic nitrogens is 1. The first-order valence-electron chi connectivity index (χ1n) is 8.06. The van der Waals surface area contributed by atoms with E-state index in [0.29, 0.717) is 0 Å². The highest BCUT2D eigenvalue weighted by molar-refractivity contribution is 6.32. The first-order valence-corrected chi connectivity index (χ1v) is 8.43. The van der Waals surface area contributed by atoms with Crippen LogP contribution < -0.4 is 5.32 Å². The summed E-state index contributed by atoms with van der Waals surface area (Å²) in [6.45, 7) is -0.401. The Bertz CT molecular complexity index is 873. The van der Waals surface area contributed by atoms with Gasteiger partial charge in [0.15, 0.2) is 0 Å². The van der Waals surface area contributed by atoms with Gasteiger partial charge < -0.3 is 5.32 Å². The third-order valence-electron chi connectivity index (χ3n) is 4.49. The second-order valence-electron chi connectivity index (χ2n) is 6.20. The largest absolute Gasteiger partial charge is 0.417 e. The highest BCUT2D eigenvalue weighted by atomic mass is 35.5. The van der Waals surface area contributed by atoms with Crippen molar-refractivity contribution in [3.05, 3.63) is 63.9 Å². The number of hydrogen-bond acceptors (Lipinski definition) is 2. The van der Waals surface area contributed by atoms with Gasteiger partial charge in [-0.1, -0.05) is 29.8 Å².